The minimum Gasteiger partial charge on any atom is -0.345 e. The first-order chi connectivity index (χ1) is 7.54. The van der Waals surface area contributed by atoms with Crippen LogP contribution < -0.4 is 5.32 Å². The van der Waals surface area contributed by atoms with Crippen molar-refractivity contribution in [3.63, 3.8) is 0 Å². The Labute approximate surface area is 97.4 Å². The maximum atomic E-state index is 11.9. The number of nitrogens with zero attached hydrogens (tertiary/aromatic N) is 1. The van der Waals surface area contributed by atoms with Crippen LogP contribution in [0, 0.1) is 5.92 Å². The first-order valence-corrected chi connectivity index (χ1v) is 6.00. The normalized spacial score (nSPS) is 23.4. The summed E-state index contributed by atoms with van der Waals surface area (Å²) in [4.78, 5) is 24.8. The van der Waals surface area contributed by atoms with E-state index in [0.717, 1.165) is 25.7 Å². The van der Waals surface area contributed by atoms with Gasteiger partial charge in [-0.15, -0.1) is 0 Å². The van der Waals surface area contributed by atoms with E-state index in [2.05, 4.69) is 5.32 Å². The van der Waals surface area contributed by atoms with Gasteiger partial charge in [0.25, 0.3) is 0 Å². The molecule has 0 aromatic rings. The van der Waals surface area contributed by atoms with E-state index in [9.17, 15) is 9.59 Å². The van der Waals surface area contributed by atoms with E-state index in [1.807, 2.05) is 25.8 Å². The van der Waals surface area contributed by atoms with Gasteiger partial charge in [0.15, 0.2) is 0 Å². The molecule has 0 spiro atoms. The first-order valence-electron chi connectivity index (χ1n) is 6.00. The van der Waals surface area contributed by atoms with Crippen molar-refractivity contribution in [1.82, 2.24) is 10.2 Å². The molecule has 4 heteroatoms. The first kappa shape index (κ1) is 13.2. The standard InChI is InChI=1S/C12H22N2O2/c1-9(2)7-10(8-15)13-12(16)11-5-4-6-14(11)3/h8-11H,4-7H2,1-3H3,(H,13,16)/t10-,11-/m0/s1. The molecule has 2 atom stereocenters. The predicted molar refractivity (Wildman–Crippen MR) is 63.1 cm³/mol. The highest BCUT2D eigenvalue weighted by Gasteiger charge is 2.28. The lowest BCUT2D eigenvalue weighted by Gasteiger charge is -2.21. The Morgan fingerprint density at radius 2 is 2.25 bits per heavy atom. The van der Waals surface area contributed by atoms with Gasteiger partial charge in [-0.05, 0) is 38.8 Å². The van der Waals surface area contributed by atoms with Crippen LogP contribution in [-0.2, 0) is 9.59 Å². The third-order valence-corrected chi connectivity index (χ3v) is 3.04. The van der Waals surface area contributed by atoms with Gasteiger partial charge in [-0.1, -0.05) is 13.8 Å². The van der Waals surface area contributed by atoms with Crippen LogP contribution in [0.2, 0.25) is 0 Å². The van der Waals surface area contributed by atoms with Crippen LogP contribution in [0.1, 0.15) is 33.1 Å². The summed E-state index contributed by atoms with van der Waals surface area (Å²) in [7, 11) is 1.95. The smallest absolute Gasteiger partial charge is 0.237 e. The molecule has 0 aromatic heterocycles. The van der Waals surface area contributed by atoms with Gasteiger partial charge < -0.3 is 10.1 Å². The molecule has 0 aromatic carbocycles. The topological polar surface area (TPSA) is 49.4 Å². The summed E-state index contributed by atoms with van der Waals surface area (Å²) in [5, 5.41) is 2.82. The SMILES string of the molecule is CC(C)C[C@@H](C=O)NC(=O)[C@@H]1CCCN1C. The Kier molecular flexibility index (Phi) is 4.93. The molecular formula is C12H22N2O2. The largest absolute Gasteiger partial charge is 0.345 e. The average Bonchev–Trinajstić information content (AvgIpc) is 2.62. The summed E-state index contributed by atoms with van der Waals surface area (Å²) < 4.78 is 0. The molecule has 4 nitrogen and oxygen atoms in total. The molecule has 0 aliphatic carbocycles. The summed E-state index contributed by atoms with van der Waals surface area (Å²) in [6.45, 7) is 5.06. The van der Waals surface area contributed by atoms with Crippen LogP contribution in [0.5, 0.6) is 0 Å². The van der Waals surface area contributed by atoms with E-state index in [1.165, 1.54) is 0 Å². The zero-order valence-corrected chi connectivity index (χ0v) is 10.4. The van der Waals surface area contributed by atoms with Crippen molar-refractivity contribution in [1.29, 1.82) is 0 Å². The second-order valence-corrected chi connectivity index (χ2v) is 5.02. The van der Waals surface area contributed by atoms with E-state index in [4.69, 9.17) is 0 Å². The monoisotopic (exact) mass is 226 g/mol. The molecule has 1 fully saturated rings. The lowest BCUT2D eigenvalue weighted by atomic mass is 10.0. The molecule has 1 saturated heterocycles. The quantitative estimate of drug-likeness (QED) is 0.706. The van der Waals surface area contributed by atoms with Gasteiger partial charge in [0.05, 0.1) is 12.1 Å². The van der Waals surface area contributed by atoms with Crippen molar-refractivity contribution >= 4 is 12.2 Å². The molecule has 1 heterocycles. The average molecular weight is 226 g/mol. The number of hydrogen-bond donors (Lipinski definition) is 1. The van der Waals surface area contributed by atoms with Crippen molar-refractivity contribution in [2.75, 3.05) is 13.6 Å². The fourth-order valence-corrected chi connectivity index (χ4v) is 2.18. The lowest BCUT2D eigenvalue weighted by Crippen LogP contribution is -2.46. The molecule has 1 N–H and O–H groups in total. The molecule has 0 unspecified atom stereocenters. The number of hydrogen-bond acceptors (Lipinski definition) is 3. The minimum absolute atomic E-state index is 0.00208. The van der Waals surface area contributed by atoms with Crippen molar-refractivity contribution in [3.05, 3.63) is 0 Å². The maximum Gasteiger partial charge on any atom is 0.237 e. The Morgan fingerprint density at radius 1 is 1.56 bits per heavy atom. The van der Waals surface area contributed by atoms with Crippen LogP contribution in [0.4, 0.5) is 0 Å². The minimum atomic E-state index is -0.332. The molecule has 1 aliphatic heterocycles. The number of likely N-dealkylation sites (N-methyl/N-ethyl adjacent to an activating group) is 1. The summed E-state index contributed by atoms with van der Waals surface area (Å²) in [5.41, 5.74) is 0. The molecule has 0 radical (unpaired) electrons. The third-order valence-electron chi connectivity index (χ3n) is 3.04. The molecule has 16 heavy (non-hydrogen) atoms. The highest BCUT2D eigenvalue weighted by molar-refractivity contribution is 5.84. The molecule has 0 bridgehead atoms. The van der Waals surface area contributed by atoms with Crippen LogP contribution in [0.3, 0.4) is 0 Å². The third kappa shape index (κ3) is 3.59. The molecule has 1 amide bonds. The lowest BCUT2D eigenvalue weighted by molar-refractivity contribution is -0.127. The van der Waals surface area contributed by atoms with Crippen LogP contribution in [-0.4, -0.2) is 42.8 Å². The van der Waals surface area contributed by atoms with Crippen LogP contribution >= 0.6 is 0 Å². The number of amides is 1. The van der Waals surface area contributed by atoms with Gasteiger partial charge in [0, 0.05) is 0 Å². The number of likely N-dealkylation sites (tertiary alicyclic amines) is 1. The van der Waals surface area contributed by atoms with Crippen molar-refractivity contribution in [3.8, 4) is 0 Å². The summed E-state index contributed by atoms with van der Waals surface area (Å²) in [6.07, 6.45) is 3.51. The van der Waals surface area contributed by atoms with Crippen LogP contribution in [0.25, 0.3) is 0 Å². The zero-order valence-electron chi connectivity index (χ0n) is 10.4. The highest BCUT2D eigenvalue weighted by atomic mass is 16.2. The van der Waals surface area contributed by atoms with E-state index in [1.54, 1.807) is 0 Å². The number of nitrogens with one attached hydrogen (secondary N) is 1. The number of carbonyl (C=O) groups is 2. The number of rotatable bonds is 5. The van der Waals surface area contributed by atoms with Gasteiger partial charge in [-0.2, -0.15) is 0 Å². The van der Waals surface area contributed by atoms with Crippen molar-refractivity contribution < 1.29 is 9.59 Å². The van der Waals surface area contributed by atoms with Gasteiger partial charge in [-0.3, -0.25) is 9.69 Å². The Morgan fingerprint density at radius 3 is 2.69 bits per heavy atom. The fraction of sp³-hybridized carbons (Fsp3) is 0.833. The van der Waals surface area contributed by atoms with E-state index >= 15 is 0 Å². The molecular weight excluding hydrogens is 204 g/mol. The molecule has 1 rings (SSSR count). The Bertz CT molecular complexity index is 253. The fourth-order valence-electron chi connectivity index (χ4n) is 2.18. The zero-order chi connectivity index (χ0) is 12.1. The number of carbonyl (C=O) groups excluding carboxylic acids is 2. The van der Waals surface area contributed by atoms with Crippen molar-refractivity contribution in [2.24, 2.45) is 5.92 Å². The Hall–Kier alpha value is -0.900. The summed E-state index contributed by atoms with van der Waals surface area (Å²) >= 11 is 0. The maximum absolute atomic E-state index is 11.9. The van der Waals surface area contributed by atoms with E-state index < -0.39 is 0 Å². The van der Waals surface area contributed by atoms with E-state index in [-0.39, 0.29) is 18.0 Å². The van der Waals surface area contributed by atoms with Gasteiger partial charge >= 0.3 is 0 Å². The van der Waals surface area contributed by atoms with Crippen molar-refractivity contribution in [2.45, 2.75) is 45.2 Å². The predicted octanol–water partition coefficient (Wildman–Crippen LogP) is 0.810. The second-order valence-electron chi connectivity index (χ2n) is 5.02. The number of aldehydes is 1. The van der Waals surface area contributed by atoms with Gasteiger partial charge in [0.2, 0.25) is 5.91 Å². The van der Waals surface area contributed by atoms with Crippen LogP contribution in [0.15, 0.2) is 0 Å². The molecule has 0 saturated carbocycles. The highest BCUT2D eigenvalue weighted by Crippen LogP contribution is 2.15. The molecule has 1 aliphatic rings. The second kappa shape index (κ2) is 5.99. The summed E-state index contributed by atoms with van der Waals surface area (Å²) in [6, 6.07) is -0.379. The summed E-state index contributed by atoms with van der Waals surface area (Å²) in [5.74, 6) is 0.412. The van der Waals surface area contributed by atoms with Gasteiger partial charge in [-0.25, -0.2) is 0 Å². The molecule has 92 valence electrons. The van der Waals surface area contributed by atoms with E-state index in [0.29, 0.717) is 12.3 Å². The Balaban J connectivity index is 2.45. The van der Waals surface area contributed by atoms with Gasteiger partial charge in [0.1, 0.15) is 6.29 Å².